The smallest absolute Gasteiger partial charge is 0.345 e. The topological polar surface area (TPSA) is 106 Å². The molecule has 3 aromatic rings. The molecule has 4 rings (SSSR count). The first-order valence-electron chi connectivity index (χ1n) is 9.48. The van der Waals surface area contributed by atoms with Crippen molar-refractivity contribution in [3.63, 3.8) is 0 Å². The summed E-state index contributed by atoms with van der Waals surface area (Å²) in [6.45, 7) is -0.256. The molecule has 10 heteroatoms. The number of rotatable bonds is 6. The van der Waals surface area contributed by atoms with Crippen LogP contribution in [0.15, 0.2) is 53.3 Å². The molecular weight excluding hydrogens is 405 g/mol. The quantitative estimate of drug-likeness (QED) is 0.591. The molecule has 0 fully saturated rings. The van der Waals surface area contributed by atoms with Crippen molar-refractivity contribution >= 4 is 17.7 Å². The van der Waals surface area contributed by atoms with E-state index in [1.54, 1.807) is 31.3 Å². The Morgan fingerprint density at radius 3 is 2.23 bits per heavy atom. The standard InChI is InChI=1S/C21H18FN5O4/c1-25-18(13-6-8-14(22)9-7-13)24-27(21(25)31)11-10-23-17(28)12-26-19(29)15-4-2-3-5-16(15)20(26)30/h2-9H,10-12H2,1H3,(H,23,28). The van der Waals surface area contributed by atoms with Crippen molar-refractivity contribution in [1.82, 2.24) is 24.6 Å². The van der Waals surface area contributed by atoms with Crippen LogP contribution in [0.2, 0.25) is 0 Å². The Kier molecular flexibility index (Phi) is 5.20. The van der Waals surface area contributed by atoms with E-state index in [1.165, 1.54) is 33.5 Å². The van der Waals surface area contributed by atoms with Gasteiger partial charge in [0.15, 0.2) is 5.82 Å². The summed E-state index contributed by atoms with van der Waals surface area (Å²) in [6, 6.07) is 12.0. The molecule has 31 heavy (non-hydrogen) atoms. The van der Waals surface area contributed by atoms with Crippen LogP contribution >= 0.6 is 0 Å². The highest BCUT2D eigenvalue weighted by molar-refractivity contribution is 6.22. The number of hydrogen-bond acceptors (Lipinski definition) is 5. The zero-order valence-electron chi connectivity index (χ0n) is 16.5. The van der Waals surface area contributed by atoms with Gasteiger partial charge in [0.2, 0.25) is 5.91 Å². The van der Waals surface area contributed by atoms with E-state index in [9.17, 15) is 23.6 Å². The number of amides is 3. The SMILES string of the molecule is Cn1c(-c2ccc(F)cc2)nn(CCNC(=O)CN2C(=O)c3ccccc3C2=O)c1=O. The molecule has 2 heterocycles. The van der Waals surface area contributed by atoms with E-state index in [2.05, 4.69) is 10.4 Å². The van der Waals surface area contributed by atoms with Crippen LogP contribution in [0.5, 0.6) is 0 Å². The van der Waals surface area contributed by atoms with Crippen LogP contribution in [0.3, 0.4) is 0 Å². The highest BCUT2D eigenvalue weighted by Crippen LogP contribution is 2.21. The van der Waals surface area contributed by atoms with E-state index in [1.807, 2.05) is 0 Å². The molecule has 1 aromatic heterocycles. The number of hydrogen-bond donors (Lipinski definition) is 1. The molecule has 0 aliphatic carbocycles. The van der Waals surface area contributed by atoms with Gasteiger partial charge in [-0.25, -0.2) is 13.9 Å². The second-order valence-electron chi connectivity index (χ2n) is 6.99. The van der Waals surface area contributed by atoms with Crippen molar-refractivity contribution in [3.8, 4) is 11.4 Å². The van der Waals surface area contributed by atoms with Gasteiger partial charge in [0.05, 0.1) is 17.7 Å². The largest absolute Gasteiger partial charge is 0.353 e. The van der Waals surface area contributed by atoms with E-state index in [0.717, 1.165) is 4.90 Å². The highest BCUT2D eigenvalue weighted by Gasteiger charge is 2.36. The number of imide groups is 1. The summed E-state index contributed by atoms with van der Waals surface area (Å²) in [7, 11) is 1.55. The molecule has 0 radical (unpaired) electrons. The minimum Gasteiger partial charge on any atom is -0.353 e. The second-order valence-corrected chi connectivity index (χ2v) is 6.99. The van der Waals surface area contributed by atoms with E-state index in [0.29, 0.717) is 11.4 Å². The Labute approximate surface area is 175 Å². The van der Waals surface area contributed by atoms with Gasteiger partial charge in [-0.05, 0) is 36.4 Å². The molecule has 0 saturated carbocycles. The highest BCUT2D eigenvalue weighted by atomic mass is 19.1. The number of nitrogens with one attached hydrogen (secondary N) is 1. The predicted octanol–water partition coefficient (Wildman–Crippen LogP) is 0.800. The van der Waals surface area contributed by atoms with Gasteiger partial charge in [-0.2, -0.15) is 0 Å². The lowest BCUT2D eigenvalue weighted by Crippen LogP contribution is -2.41. The molecule has 0 bridgehead atoms. The average Bonchev–Trinajstić information content (AvgIpc) is 3.18. The summed E-state index contributed by atoms with van der Waals surface area (Å²) in [5.74, 6) is -1.59. The first kappa shape index (κ1) is 20.2. The second kappa shape index (κ2) is 7.98. The Hall–Kier alpha value is -4.08. The number of carbonyl (C=O) groups excluding carboxylic acids is 3. The molecule has 0 atom stereocenters. The van der Waals surface area contributed by atoms with Crippen LogP contribution in [-0.4, -0.2) is 50.1 Å². The van der Waals surface area contributed by atoms with Crippen molar-refractivity contribution in [1.29, 1.82) is 0 Å². The van der Waals surface area contributed by atoms with Gasteiger partial charge in [-0.15, -0.1) is 5.10 Å². The maximum Gasteiger partial charge on any atom is 0.345 e. The van der Waals surface area contributed by atoms with Crippen LogP contribution in [0.25, 0.3) is 11.4 Å². The van der Waals surface area contributed by atoms with Gasteiger partial charge in [-0.3, -0.25) is 23.9 Å². The third-order valence-electron chi connectivity index (χ3n) is 4.97. The van der Waals surface area contributed by atoms with Crippen molar-refractivity contribution in [2.45, 2.75) is 6.54 Å². The molecule has 0 unspecified atom stereocenters. The number of halogens is 1. The van der Waals surface area contributed by atoms with Crippen LogP contribution in [0.1, 0.15) is 20.7 Å². The third-order valence-corrected chi connectivity index (χ3v) is 4.97. The van der Waals surface area contributed by atoms with Crippen molar-refractivity contribution < 1.29 is 18.8 Å². The molecule has 0 spiro atoms. The monoisotopic (exact) mass is 423 g/mol. The van der Waals surface area contributed by atoms with E-state index >= 15 is 0 Å². The molecule has 1 aliphatic heterocycles. The van der Waals surface area contributed by atoms with Crippen LogP contribution in [-0.2, 0) is 18.4 Å². The minimum atomic E-state index is -0.530. The van der Waals surface area contributed by atoms with E-state index in [-0.39, 0.29) is 24.2 Å². The Morgan fingerprint density at radius 2 is 1.61 bits per heavy atom. The fraction of sp³-hybridized carbons (Fsp3) is 0.190. The maximum atomic E-state index is 13.1. The normalized spacial score (nSPS) is 12.9. The summed E-state index contributed by atoms with van der Waals surface area (Å²) in [5.41, 5.74) is 0.727. The van der Waals surface area contributed by atoms with E-state index < -0.39 is 35.8 Å². The lowest BCUT2D eigenvalue weighted by atomic mass is 10.1. The Bertz CT molecular complexity index is 1210. The van der Waals surface area contributed by atoms with Crippen molar-refractivity contribution in [2.75, 3.05) is 13.1 Å². The predicted molar refractivity (Wildman–Crippen MR) is 108 cm³/mol. The fourth-order valence-corrected chi connectivity index (χ4v) is 3.37. The molecule has 9 nitrogen and oxygen atoms in total. The molecule has 3 amide bonds. The number of fused-ring (bicyclic) bond motifs is 1. The zero-order valence-corrected chi connectivity index (χ0v) is 16.5. The fourth-order valence-electron chi connectivity index (χ4n) is 3.37. The van der Waals surface area contributed by atoms with Crippen LogP contribution in [0.4, 0.5) is 4.39 Å². The Morgan fingerprint density at radius 1 is 1.00 bits per heavy atom. The van der Waals surface area contributed by atoms with Crippen LogP contribution in [0, 0.1) is 5.82 Å². The van der Waals surface area contributed by atoms with Gasteiger partial charge in [0.1, 0.15) is 12.4 Å². The third kappa shape index (κ3) is 3.75. The molecule has 2 aromatic carbocycles. The number of benzene rings is 2. The summed E-state index contributed by atoms with van der Waals surface area (Å²) in [6.07, 6.45) is 0. The summed E-state index contributed by atoms with van der Waals surface area (Å²) >= 11 is 0. The van der Waals surface area contributed by atoms with Gasteiger partial charge in [-0.1, -0.05) is 12.1 Å². The van der Waals surface area contributed by atoms with Gasteiger partial charge in [0.25, 0.3) is 11.8 Å². The minimum absolute atomic E-state index is 0.0712. The van der Waals surface area contributed by atoms with Gasteiger partial charge >= 0.3 is 5.69 Å². The maximum absolute atomic E-state index is 13.1. The molecule has 1 N–H and O–H groups in total. The lowest BCUT2D eigenvalue weighted by Gasteiger charge is -2.13. The van der Waals surface area contributed by atoms with Gasteiger partial charge in [0, 0.05) is 19.2 Å². The number of nitrogens with zero attached hydrogens (tertiary/aromatic N) is 4. The van der Waals surface area contributed by atoms with E-state index in [4.69, 9.17) is 0 Å². The van der Waals surface area contributed by atoms with Crippen LogP contribution < -0.4 is 11.0 Å². The first-order valence-corrected chi connectivity index (χ1v) is 9.48. The lowest BCUT2D eigenvalue weighted by molar-refractivity contribution is -0.121. The first-order chi connectivity index (χ1) is 14.9. The summed E-state index contributed by atoms with van der Waals surface area (Å²) < 4.78 is 15.6. The molecular formula is C21H18FN5O4. The average molecular weight is 423 g/mol. The number of aromatic nitrogens is 3. The number of carbonyl (C=O) groups is 3. The Balaban J connectivity index is 1.37. The zero-order chi connectivity index (χ0) is 22.1. The van der Waals surface area contributed by atoms with Gasteiger partial charge < -0.3 is 5.32 Å². The van der Waals surface area contributed by atoms with Crippen molar-refractivity contribution in [3.05, 3.63) is 76.0 Å². The summed E-state index contributed by atoms with van der Waals surface area (Å²) in [4.78, 5) is 50.1. The molecule has 158 valence electrons. The molecule has 1 aliphatic rings. The molecule has 0 saturated heterocycles. The van der Waals surface area contributed by atoms with Crippen molar-refractivity contribution in [2.24, 2.45) is 7.05 Å². The summed E-state index contributed by atoms with van der Waals surface area (Å²) in [5, 5.41) is 6.82.